The van der Waals surface area contributed by atoms with E-state index in [2.05, 4.69) is 4.98 Å². The van der Waals surface area contributed by atoms with Gasteiger partial charge in [0.1, 0.15) is 17.4 Å². The molecule has 152 valence electrons. The Morgan fingerprint density at radius 2 is 1.97 bits per heavy atom. The van der Waals surface area contributed by atoms with E-state index >= 15 is 0 Å². The Morgan fingerprint density at radius 3 is 2.66 bits per heavy atom. The van der Waals surface area contributed by atoms with Crippen molar-refractivity contribution in [1.29, 1.82) is 0 Å². The van der Waals surface area contributed by atoms with Gasteiger partial charge in [-0.05, 0) is 36.2 Å². The van der Waals surface area contributed by atoms with Crippen molar-refractivity contribution in [3.8, 4) is 10.9 Å². The van der Waals surface area contributed by atoms with Gasteiger partial charge in [-0.25, -0.2) is 4.98 Å². The van der Waals surface area contributed by atoms with Crippen LogP contribution in [0.3, 0.4) is 0 Å². The maximum Gasteiger partial charge on any atom is 0.274 e. The summed E-state index contributed by atoms with van der Waals surface area (Å²) in [7, 11) is 1.65. The molecule has 0 aliphatic carbocycles. The molecule has 1 aromatic heterocycles. The van der Waals surface area contributed by atoms with Gasteiger partial charge in [0.15, 0.2) is 0 Å². The lowest BCUT2D eigenvalue weighted by Crippen LogP contribution is -2.41. The van der Waals surface area contributed by atoms with Crippen LogP contribution in [0.15, 0.2) is 42.5 Å². The Bertz CT molecular complexity index is 981. The largest absolute Gasteiger partial charge is 0.497 e. The smallest absolute Gasteiger partial charge is 0.274 e. The van der Waals surface area contributed by atoms with Crippen molar-refractivity contribution in [1.82, 2.24) is 9.88 Å². The van der Waals surface area contributed by atoms with Crippen molar-refractivity contribution < 1.29 is 14.3 Å². The van der Waals surface area contributed by atoms with Crippen LogP contribution in [0.25, 0.3) is 10.2 Å². The van der Waals surface area contributed by atoms with Gasteiger partial charge in [-0.2, -0.15) is 0 Å². The lowest BCUT2D eigenvalue weighted by molar-refractivity contribution is -0.132. The molecule has 29 heavy (non-hydrogen) atoms. The summed E-state index contributed by atoms with van der Waals surface area (Å²) in [6.07, 6.45) is 2.98. The summed E-state index contributed by atoms with van der Waals surface area (Å²) in [4.78, 5) is 19.0. The number of hydrogen-bond acceptors (Lipinski definition) is 5. The minimum absolute atomic E-state index is 0.0833. The molecule has 5 nitrogen and oxygen atoms in total. The third kappa shape index (κ3) is 4.82. The Labute approximate surface area is 179 Å². The quantitative estimate of drug-likeness (QED) is 0.554. The molecule has 0 radical (unpaired) electrons. The molecule has 0 saturated carbocycles. The second kappa shape index (κ2) is 9.01. The van der Waals surface area contributed by atoms with Crippen LogP contribution >= 0.6 is 22.9 Å². The molecular formula is C22H23ClN2O3S. The van der Waals surface area contributed by atoms with Crippen LogP contribution in [0.2, 0.25) is 5.02 Å². The average Bonchev–Trinajstić information content (AvgIpc) is 3.17. The molecule has 0 bridgehead atoms. The number of benzene rings is 2. The minimum Gasteiger partial charge on any atom is -0.497 e. The van der Waals surface area contributed by atoms with Crippen molar-refractivity contribution >= 4 is 39.1 Å². The Morgan fingerprint density at radius 1 is 1.21 bits per heavy atom. The zero-order valence-corrected chi connectivity index (χ0v) is 17.8. The number of carbonyl (C=O) groups is 1. The van der Waals surface area contributed by atoms with Gasteiger partial charge in [0.05, 0.1) is 16.8 Å². The number of aryl methyl sites for hydroxylation is 1. The van der Waals surface area contributed by atoms with Crippen LogP contribution in [-0.4, -0.2) is 42.1 Å². The Hall–Kier alpha value is -2.31. The fourth-order valence-electron chi connectivity index (χ4n) is 3.51. The van der Waals surface area contributed by atoms with Crippen LogP contribution in [0.5, 0.6) is 10.9 Å². The maximum absolute atomic E-state index is 12.5. The first-order chi connectivity index (χ1) is 14.1. The number of aromatic nitrogens is 1. The predicted octanol–water partition coefficient (Wildman–Crippen LogP) is 4.96. The van der Waals surface area contributed by atoms with Crippen LogP contribution < -0.4 is 9.47 Å². The molecule has 3 aromatic rings. The number of likely N-dealkylation sites (tertiary alicyclic amines) is 1. The number of para-hydroxylation sites is 1. The number of rotatable bonds is 6. The highest BCUT2D eigenvalue weighted by Gasteiger charge is 2.24. The normalized spacial score (nSPS) is 14.9. The molecule has 1 aliphatic heterocycles. The summed E-state index contributed by atoms with van der Waals surface area (Å²) >= 11 is 7.71. The molecule has 1 fully saturated rings. The Balaban J connectivity index is 1.25. The van der Waals surface area contributed by atoms with Crippen molar-refractivity contribution in [2.75, 3.05) is 20.2 Å². The first-order valence-corrected chi connectivity index (χ1v) is 10.9. The Kier molecular flexibility index (Phi) is 6.21. The number of halogens is 1. The summed E-state index contributed by atoms with van der Waals surface area (Å²) in [6.45, 7) is 1.44. The number of methoxy groups -OCH3 is 1. The van der Waals surface area contributed by atoms with E-state index < -0.39 is 0 Å². The number of ether oxygens (including phenoxy) is 2. The van der Waals surface area contributed by atoms with Crippen LogP contribution in [-0.2, 0) is 11.2 Å². The highest BCUT2D eigenvalue weighted by Crippen LogP contribution is 2.33. The van der Waals surface area contributed by atoms with Crippen LogP contribution in [0.4, 0.5) is 0 Å². The van der Waals surface area contributed by atoms with Gasteiger partial charge in [0, 0.05) is 32.4 Å². The van der Waals surface area contributed by atoms with Crippen molar-refractivity contribution in [3.63, 3.8) is 0 Å². The average molecular weight is 431 g/mol. The molecule has 1 saturated heterocycles. The SMILES string of the molecule is COc1ccc(CCC(=O)N2CCC(Oc3nc4c(Cl)cccc4s3)CC2)cc1. The second-order valence-electron chi connectivity index (χ2n) is 7.11. The topological polar surface area (TPSA) is 51.7 Å². The number of nitrogens with zero attached hydrogens (tertiary/aromatic N) is 2. The standard InChI is InChI=1S/C22H23ClN2O3S/c1-27-16-8-5-15(6-9-16)7-10-20(26)25-13-11-17(12-14-25)28-22-24-21-18(23)3-2-4-19(21)29-22/h2-6,8-9,17H,7,10-14H2,1H3. The summed E-state index contributed by atoms with van der Waals surface area (Å²) in [5, 5.41) is 1.29. The van der Waals surface area contributed by atoms with Gasteiger partial charge in [0.2, 0.25) is 5.91 Å². The highest BCUT2D eigenvalue weighted by molar-refractivity contribution is 7.20. The van der Waals surface area contributed by atoms with Gasteiger partial charge < -0.3 is 14.4 Å². The lowest BCUT2D eigenvalue weighted by Gasteiger charge is -2.31. The molecule has 0 atom stereocenters. The van der Waals surface area contributed by atoms with Gasteiger partial charge in [-0.15, -0.1) is 0 Å². The molecule has 0 N–H and O–H groups in total. The molecule has 7 heteroatoms. The maximum atomic E-state index is 12.5. The molecule has 2 aromatic carbocycles. The van der Waals surface area contributed by atoms with E-state index in [4.69, 9.17) is 21.1 Å². The third-order valence-corrected chi connectivity index (χ3v) is 6.42. The molecule has 1 aliphatic rings. The van der Waals surface area contributed by atoms with E-state index in [1.54, 1.807) is 7.11 Å². The van der Waals surface area contributed by atoms with Gasteiger partial charge in [-0.3, -0.25) is 4.79 Å². The van der Waals surface area contributed by atoms with Gasteiger partial charge >= 0.3 is 0 Å². The van der Waals surface area contributed by atoms with E-state index in [1.165, 1.54) is 11.3 Å². The highest BCUT2D eigenvalue weighted by atomic mass is 35.5. The summed E-state index contributed by atoms with van der Waals surface area (Å²) < 4.78 is 12.3. The molecule has 0 unspecified atom stereocenters. The summed E-state index contributed by atoms with van der Waals surface area (Å²) in [5.74, 6) is 1.03. The van der Waals surface area contributed by atoms with Crippen molar-refractivity contribution in [2.24, 2.45) is 0 Å². The number of hydrogen-bond donors (Lipinski definition) is 0. The zero-order chi connectivity index (χ0) is 20.2. The first-order valence-electron chi connectivity index (χ1n) is 9.75. The van der Waals surface area contributed by atoms with Crippen LogP contribution in [0, 0.1) is 0 Å². The van der Waals surface area contributed by atoms with Crippen molar-refractivity contribution in [2.45, 2.75) is 31.8 Å². The van der Waals surface area contributed by atoms with Gasteiger partial charge in [-0.1, -0.05) is 41.1 Å². The third-order valence-electron chi connectivity index (χ3n) is 5.20. The lowest BCUT2D eigenvalue weighted by atomic mass is 10.1. The predicted molar refractivity (Wildman–Crippen MR) is 116 cm³/mol. The van der Waals surface area contributed by atoms with E-state index in [-0.39, 0.29) is 12.0 Å². The second-order valence-corrected chi connectivity index (χ2v) is 8.51. The van der Waals surface area contributed by atoms with Crippen molar-refractivity contribution in [3.05, 3.63) is 53.1 Å². The zero-order valence-electron chi connectivity index (χ0n) is 16.3. The number of piperidine rings is 1. The fourth-order valence-corrected chi connectivity index (χ4v) is 4.69. The molecule has 2 heterocycles. The number of fused-ring (bicyclic) bond motifs is 1. The monoisotopic (exact) mass is 430 g/mol. The summed E-state index contributed by atoms with van der Waals surface area (Å²) in [6, 6.07) is 13.6. The molecule has 0 spiro atoms. The number of carbonyl (C=O) groups excluding carboxylic acids is 1. The number of amides is 1. The molecular weight excluding hydrogens is 408 g/mol. The van der Waals surface area contributed by atoms with Gasteiger partial charge in [0.25, 0.3) is 5.19 Å². The van der Waals surface area contributed by atoms with E-state index in [0.29, 0.717) is 16.6 Å². The van der Waals surface area contributed by atoms with Crippen LogP contribution in [0.1, 0.15) is 24.8 Å². The first kappa shape index (κ1) is 20.0. The number of thiazole rings is 1. The molecule has 1 amide bonds. The summed E-state index contributed by atoms with van der Waals surface area (Å²) in [5.41, 5.74) is 1.94. The molecule has 4 rings (SSSR count). The van der Waals surface area contributed by atoms with E-state index in [9.17, 15) is 4.79 Å². The fraction of sp³-hybridized carbons (Fsp3) is 0.364. The van der Waals surface area contributed by atoms with E-state index in [0.717, 1.165) is 53.9 Å². The minimum atomic E-state index is 0.0833. The van der Waals surface area contributed by atoms with E-state index in [1.807, 2.05) is 47.4 Å².